The maximum absolute atomic E-state index is 12.5. The summed E-state index contributed by atoms with van der Waals surface area (Å²) in [6.45, 7) is 7.31. The molecular formula is C13H24N2O3S. The zero-order chi connectivity index (χ0) is 14.5. The molecule has 0 aromatic carbocycles. The summed E-state index contributed by atoms with van der Waals surface area (Å²) in [7, 11) is -3.44. The maximum Gasteiger partial charge on any atom is 0.244 e. The van der Waals surface area contributed by atoms with Crippen molar-refractivity contribution in [3.8, 4) is 0 Å². The summed E-state index contributed by atoms with van der Waals surface area (Å²) in [5.41, 5.74) is 0.632. The first kappa shape index (κ1) is 16.2. The molecule has 1 N–H and O–H groups in total. The fourth-order valence-electron chi connectivity index (χ4n) is 2.02. The topological polar surface area (TPSA) is 62.5 Å². The summed E-state index contributed by atoms with van der Waals surface area (Å²) in [4.78, 5) is 0.274. The Morgan fingerprint density at radius 1 is 1.32 bits per heavy atom. The Balaban J connectivity index is 3.07. The van der Waals surface area contributed by atoms with Gasteiger partial charge in [0.25, 0.3) is 0 Å². The third kappa shape index (κ3) is 3.58. The monoisotopic (exact) mass is 288 g/mol. The quantitative estimate of drug-likeness (QED) is 0.793. The van der Waals surface area contributed by atoms with E-state index in [0.717, 1.165) is 12.8 Å². The minimum atomic E-state index is -3.44. The van der Waals surface area contributed by atoms with E-state index in [9.17, 15) is 13.5 Å². The van der Waals surface area contributed by atoms with Gasteiger partial charge in [-0.1, -0.05) is 20.3 Å². The summed E-state index contributed by atoms with van der Waals surface area (Å²) in [6, 6.07) is 1.56. The van der Waals surface area contributed by atoms with Crippen LogP contribution in [0.3, 0.4) is 0 Å². The Kier molecular flexibility index (Phi) is 6.03. The van der Waals surface area contributed by atoms with E-state index in [1.807, 2.05) is 20.8 Å². The molecule has 1 rings (SSSR count). The van der Waals surface area contributed by atoms with Gasteiger partial charge in [0, 0.05) is 31.5 Å². The van der Waals surface area contributed by atoms with Crippen LogP contribution in [0, 0.1) is 0 Å². The molecule has 0 aliphatic carbocycles. The van der Waals surface area contributed by atoms with Crippen LogP contribution in [-0.2, 0) is 23.2 Å². The molecule has 0 radical (unpaired) electrons. The zero-order valence-corrected chi connectivity index (χ0v) is 12.8. The molecule has 0 saturated carbocycles. The van der Waals surface area contributed by atoms with E-state index in [1.165, 1.54) is 4.31 Å². The smallest absolute Gasteiger partial charge is 0.244 e. The van der Waals surface area contributed by atoms with E-state index in [1.54, 1.807) is 16.8 Å². The van der Waals surface area contributed by atoms with Crippen molar-refractivity contribution >= 4 is 10.0 Å². The van der Waals surface area contributed by atoms with E-state index in [4.69, 9.17) is 0 Å². The molecule has 0 saturated heterocycles. The molecule has 0 unspecified atom stereocenters. The highest BCUT2D eigenvalue weighted by Gasteiger charge is 2.24. The number of aromatic nitrogens is 1. The highest BCUT2D eigenvalue weighted by atomic mass is 32.2. The van der Waals surface area contributed by atoms with E-state index in [0.29, 0.717) is 25.3 Å². The van der Waals surface area contributed by atoms with Crippen LogP contribution in [0.15, 0.2) is 17.2 Å². The van der Waals surface area contributed by atoms with Gasteiger partial charge < -0.3 is 9.67 Å². The van der Waals surface area contributed by atoms with Crippen molar-refractivity contribution in [2.75, 3.05) is 13.1 Å². The molecule has 1 aromatic rings. The Bertz CT molecular complexity index is 472. The van der Waals surface area contributed by atoms with Crippen LogP contribution in [0.5, 0.6) is 0 Å². The first-order chi connectivity index (χ1) is 9.01. The predicted molar refractivity (Wildman–Crippen MR) is 75.4 cm³/mol. The van der Waals surface area contributed by atoms with Crippen molar-refractivity contribution in [2.45, 2.75) is 51.7 Å². The molecule has 0 aliphatic heterocycles. The van der Waals surface area contributed by atoms with E-state index >= 15 is 0 Å². The second-order valence-corrected chi connectivity index (χ2v) is 6.40. The molecule has 0 bridgehead atoms. The van der Waals surface area contributed by atoms with Crippen molar-refractivity contribution in [1.29, 1.82) is 0 Å². The average Bonchev–Trinajstić information content (AvgIpc) is 2.83. The van der Waals surface area contributed by atoms with Crippen LogP contribution in [0.4, 0.5) is 0 Å². The molecule has 0 aliphatic rings. The van der Waals surface area contributed by atoms with E-state index in [2.05, 4.69) is 0 Å². The number of aliphatic hydroxyl groups is 1. The number of hydrogen-bond donors (Lipinski definition) is 1. The molecule has 1 aromatic heterocycles. The van der Waals surface area contributed by atoms with Crippen molar-refractivity contribution in [3.05, 3.63) is 18.0 Å². The van der Waals surface area contributed by atoms with Gasteiger partial charge in [-0.25, -0.2) is 8.42 Å². The van der Waals surface area contributed by atoms with Gasteiger partial charge in [-0.15, -0.1) is 0 Å². The lowest BCUT2D eigenvalue weighted by atomic mass is 10.3. The number of unbranched alkanes of at least 4 members (excludes halogenated alkanes) is 1. The number of aliphatic hydroxyl groups excluding tert-OH is 1. The van der Waals surface area contributed by atoms with Crippen LogP contribution in [0.25, 0.3) is 0 Å². The highest BCUT2D eigenvalue weighted by molar-refractivity contribution is 7.89. The molecule has 5 nitrogen and oxygen atoms in total. The molecular weight excluding hydrogens is 264 g/mol. The van der Waals surface area contributed by atoms with Crippen LogP contribution < -0.4 is 0 Å². The Morgan fingerprint density at radius 2 is 2.00 bits per heavy atom. The molecule has 0 amide bonds. The van der Waals surface area contributed by atoms with Gasteiger partial charge in [0.05, 0.1) is 6.61 Å². The standard InChI is InChI=1S/C13H24N2O3S/c1-4-7-8-15(6-3)19(17,18)13-9-12(11-16)14(5-2)10-13/h9-10,16H,4-8,11H2,1-3H3. The third-order valence-corrected chi connectivity index (χ3v) is 5.15. The lowest BCUT2D eigenvalue weighted by molar-refractivity contribution is 0.271. The molecule has 0 atom stereocenters. The number of sulfonamides is 1. The first-order valence-electron chi connectivity index (χ1n) is 6.81. The van der Waals surface area contributed by atoms with Crippen LogP contribution in [0.1, 0.15) is 39.3 Å². The summed E-state index contributed by atoms with van der Waals surface area (Å²) < 4.78 is 28.3. The van der Waals surface area contributed by atoms with Gasteiger partial charge in [-0.05, 0) is 19.4 Å². The Hall–Kier alpha value is -0.850. The van der Waals surface area contributed by atoms with Gasteiger partial charge in [-0.3, -0.25) is 0 Å². The maximum atomic E-state index is 12.5. The molecule has 0 spiro atoms. The number of nitrogens with zero attached hydrogens (tertiary/aromatic N) is 2. The van der Waals surface area contributed by atoms with Gasteiger partial charge in [0.1, 0.15) is 4.90 Å². The largest absolute Gasteiger partial charge is 0.390 e. The number of rotatable bonds is 8. The molecule has 19 heavy (non-hydrogen) atoms. The van der Waals surface area contributed by atoms with Crippen molar-refractivity contribution in [3.63, 3.8) is 0 Å². The van der Waals surface area contributed by atoms with Crippen molar-refractivity contribution in [1.82, 2.24) is 8.87 Å². The van der Waals surface area contributed by atoms with Gasteiger partial charge in [-0.2, -0.15) is 4.31 Å². The normalized spacial score (nSPS) is 12.3. The van der Waals surface area contributed by atoms with Crippen LogP contribution in [-0.4, -0.2) is 35.5 Å². The van der Waals surface area contributed by atoms with Crippen LogP contribution in [0.2, 0.25) is 0 Å². The Morgan fingerprint density at radius 3 is 2.42 bits per heavy atom. The van der Waals surface area contributed by atoms with Crippen molar-refractivity contribution in [2.24, 2.45) is 0 Å². The molecule has 6 heteroatoms. The second kappa shape index (κ2) is 7.07. The number of hydrogen-bond acceptors (Lipinski definition) is 3. The minimum absolute atomic E-state index is 0.148. The highest BCUT2D eigenvalue weighted by Crippen LogP contribution is 2.19. The van der Waals surface area contributed by atoms with Crippen molar-refractivity contribution < 1.29 is 13.5 Å². The van der Waals surface area contributed by atoms with Gasteiger partial charge in [0.2, 0.25) is 10.0 Å². The lowest BCUT2D eigenvalue weighted by Gasteiger charge is -2.19. The Labute approximate surface area is 115 Å². The fraction of sp³-hybridized carbons (Fsp3) is 0.692. The molecule has 1 heterocycles. The minimum Gasteiger partial charge on any atom is -0.390 e. The summed E-state index contributed by atoms with van der Waals surface area (Å²) in [6.07, 6.45) is 3.42. The first-order valence-corrected chi connectivity index (χ1v) is 8.25. The SMILES string of the molecule is CCCCN(CC)S(=O)(=O)c1cc(CO)n(CC)c1. The summed E-state index contributed by atoms with van der Waals surface area (Å²) >= 11 is 0. The summed E-state index contributed by atoms with van der Waals surface area (Å²) in [5.74, 6) is 0. The van der Waals surface area contributed by atoms with E-state index < -0.39 is 10.0 Å². The van der Waals surface area contributed by atoms with Gasteiger partial charge >= 0.3 is 0 Å². The van der Waals surface area contributed by atoms with E-state index in [-0.39, 0.29) is 11.5 Å². The average molecular weight is 288 g/mol. The fourth-order valence-corrected chi connectivity index (χ4v) is 3.58. The third-order valence-electron chi connectivity index (χ3n) is 3.22. The lowest BCUT2D eigenvalue weighted by Crippen LogP contribution is -2.31. The molecule has 0 fully saturated rings. The van der Waals surface area contributed by atoms with Gasteiger partial charge in [0.15, 0.2) is 0 Å². The zero-order valence-electron chi connectivity index (χ0n) is 12.0. The second-order valence-electron chi connectivity index (χ2n) is 4.46. The predicted octanol–water partition coefficient (Wildman–Crippen LogP) is 1.81. The molecule has 110 valence electrons. The van der Waals surface area contributed by atoms with Crippen LogP contribution >= 0.6 is 0 Å². The number of aryl methyl sites for hydroxylation is 1. The summed E-state index contributed by atoms with van der Waals surface area (Å²) in [5, 5.41) is 9.24.